The zero-order valence-corrected chi connectivity index (χ0v) is 19.2. The fourth-order valence-corrected chi connectivity index (χ4v) is 3.83. The van der Waals surface area contributed by atoms with E-state index < -0.39 is 5.91 Å². The molecule has 0 atom stereocenters. The van der Waals surface area contributed by atoms with Crippen molar-refractivity contribution < 1.29 is 19.3 Å². The summed E-state index contributed by atoms with van der Waals surface area (Å²) in [5.74, 6) is 0.963. The quantitative estimate of drug-likeness (QED) is 0.176. The molecule has 170 valence electrons. The summed E-state index contributed by atoms with van der Waals surface area (Å²) in [6.07, 6.45) is 3.85. The molecule has 1 N–H and O–H groups in total. The number of para-hydroxylation sites is 1. The van der Waals surface area contributed by atoms with Crippen molar-refractivity contribution in [2.45, 2.75) is 39.2 Å². The van der Waals surface area contributed by atoms with Crippen LogP contribution in [-0.2, 0) is 21.6 Å². The summed E-state index contributed by atoms with van der Waals surface area (Å²) < 4.78 is 5.86. The molecule has 33 heavy (non-hydrogen) atoms. The molecule has 0 saturated carbocycles. The largest absolute Gasteiger partial charge is 0.493 e. The van der Waals surface area contributed by atoms with E-state index in [9.17, 15) is 4.79 Å². The van der Waals surface area contributed by atoms with Crippen LogP contribution in [0.5, 0.6) is 11.5 Å². The SMILES string of the molecule is C=C/C=C(\OOc1cc(C)c2c(c1)C(C)(C)CCO2)C(=O)NCc1ccc2ccccc2n1. The van der Waals surface area contributed by atoms with Crippen LogP contribution in [0.2, 0.25) is 0 Å². The van der Waals surface area contributed by atoms with Gasteiger partial charge >= 0.3 is 0 Å². The van der Waals surface area contributed by atoms with Gasteiger partial charge in [-0.05, 0) is 54.7 Å². The predicted octanol–water partition coefficient (Wildman–Crippen LogP) is 5.30. The number of nitrogens with zero attached hydrogens (tertiary/aromatic N) is 1. The Morgan fingerprint density at radius 3 is 2.88 bits per heavy atom. The molecule has 0 spiro atoms. The molecule has 1 aliphatic rings. The monoisotopic (exact) mass is 444 g/mol. The number of benzene rings is 2. The fourth-order valence-electron chi connectivity index (χ4n) is 3.83. The third-order valence-corrected chi connectivity index (χ3v) is 5.76. The van der Waals surface area contributed by atoms with Crippen molar-refractivity contribution in [2.75, 3.05) is 6.61 Å². The number of carbonyl (C=O) groups excluding carboxylic acids is 1. The van der Waals surface area contributed by atoms with Gasteiger partial charge in [-0.1, -0.05) is 50.8 Å². The Hall–Kier alpha value is -3.80. The van der Waals surface area contributed by atoms with E-state index in [1.54, 1.807) is 0 Å². The van der Waals surface area contributed by atoms with E-state index in [0.29, 0.717) is 12.4 Å². The van der Waals surface area contributed by atoms with Crippen LogP contribution in [0.1, 0.15) is 37.1 Å². The van der Waals surface area contributed by atoms with Crippen molar-refractivity contribution in [1.82, 2.24) is 10.3 Å². The first-order valence-electron chi connectivity index (χ1n) is 11.0. The van der Waals surface area contributed by atoms with Crippen molar-refractivity contribution in [3.8, 4) is 11.5 Å². The second-order valence-corrected chi connectivity index (χ2v) is 8.71. The lowest BCUT2D eigenvalue weighted by Crippen LogP contribution is -2.27. The van der Waals surface area contributed by atoms with Crippen molar-refractivity contribution in [3.63, 3.8) is 0 Å². The van der Waals surface area contributed by atoms with Crippen molar-refractivity contribution in [1.29, 1.82) is 0 Å². The topological polar surface area (TPSA) is 69.7 Å². The van der Waals surface area contributed by atoms with E-state index in [-0.39, 0.29) is 17.7 Å². The average Bonchev–Trinajstić information content (AvgIpc) is 2.80. The minimum absolute atomic E-state index is 0.00308. The van der Waals surface area contributed by atoms with E-state index in [1.807, 2.05) is 55.5 Å². The lowest BCUT2D eigenvalue weighted by atomic mass is 9.79. The molecule has 0 fully saturated rings. The third-order valence-electron chi connectivity index (χ3n) is 5.76. The van der Waals surface area contributed by atoms with Crippen LogP contribution in [0.4, 0.5) is 0 Å². The maximum atomic E-state index is 12.7. The lowest BCUT2D eigenvalue weighted by molar-refractivity contribution is -0.174. The maximum Gasteiger partial charge on any atom is 0.292 e. The number of amides is 1. The van der Waals surface area contributed by atoms with Gasteiger partial charge in [0, 0.05) is 10.9 Å². The molecular weight excluding hydrogens is 416 g/mol. The molecule has 1 aromatic heterocycles. The molecule has 1 aliphatic heterocycles. The normalized spacial score (nSPS) is 14.7. The predicted molar refractivity (Wildman–Crippen MR) is 128 cm³/mol. The molecular formula is C27H28N2O4. The van der Waals surface area contributed by atoms with Crippen LogP contribution in [-0.4, -0.2) is 17.5 Å². The van der Waals surface area contributed by atoms with E-state index in [4.69, 9.17) is 14.5 Å². The average molecular weight is 445 g/mol. The highest BCUT2D eigenvalue weighted by molar-refractivity contribution is 5.91. The summed E-state index contributed by atoms with van der Waals surface area (Å²) in [7, 11) is 0. The van der Waals surface area contributed by atoms with Gasteiger partial charge in [0.15, 0.2) is 5.75 Å². The Balaban J connectivity index is 1.43. The first-order chi connectivity index (χ1) is 15.9. The number of aromatic nitrogens is 1. The Morgan fingerprint density at radius 2 is 2.06 bits per heavy atom. The molecule has 0 aliphatic carbocycles. The van der Waals surface area contributed by atoms with Gasteiger partial charge in [-0.2, -0.15) is 0 Å². The Morgan fingerprint density at radius 1 is 1.24 bits per heavy atom. The number of nitrogens with one attached hydrogen (secondary N) is 1. The van der Waals surface area contributed by atoms with Gasteiger partial charge < -0.3 is 10.1 Å². The van der Waals surface area contributed by atoms with E-state index in [0.717, 1.165) is 39.9 Å². The van der Waals surface area contributed by atoms with Gasteiger partial charge in [0.2, 0.25) is 5.76 Å². The molecule has 0 bridgehead atoms. The second kappa shape index (κ2) is 9.36. The van der Waals surface area contributed by atoms with E-state index in [2.05, 4.69) is 30.7 Å². The fraction of sp³-hybridized carbons (Fsp3) is 0.259. The van der Waals surface area contributed by atoms with Gasteiger partial charge in [0.05, 0.1) is 24.4 Å². The smallest absolute Gasteiger partial charge is 0.292 e. The summed E-state index contributed by atoms with van der Waals surface area (Å²) in [5, 5.41) is 3.86. The zero-order chi connectivity index (χ0) is 23.4. The molecule has 0 saturated heterocycles. The number of hydrogen-bond acceptors (Lipinski definition) is 5. The van der Waals surface area contributed by atoms with Crippen molar-refractivity contribution in [2.24, 2.45) is 0 Å². The zero-order valence-electron chi connectivity index (χ0n) is 19.2. The number of ether oxygens (including phenoxy) is 1. The third kappa shape index (κ3) is 5.00. The Kier molecular flexibility index (Phi) is 6.36. The number of pyridine rings is 1. The Labute approximate surface area is 193 Å². The first-order valence-corrected chi connectivity index (χ1v) is 11.0. The first kappa shape index (κ1) is 22.4. The lowest BCUT2D eigenvalue weighted by Gasteiger charge is -2.33. The van der Waals surface area contributed by atoms with Crippen LogP contribution >= 0.6 is 0 Å². The minimum Gasteiger partial charge on any atom is -0.493 e. The molecule has 0 unspecified atom stereocenters. The number of carbonyl (C=O) groups is 1. The summed E-state index contributed by atoms with van der Waals surface area (Å²) >= 11 is 0. The van der Waals surface area contributed by atoms with Crippen LogP contribution in [0.3, 0.4) is 0 Å². The van der Waals surface area contributed by atoms with Gasteiger partial charge in [-0.25, -0.2) is 0 Å². The Bertz CT molecular complexity index is 1230. The molecule has 2 heterocycles. The molecule has 2 aromatic carbocycles. The summed E-state index contributed by atoms with van der Waals surface area (Å²) in [4.78, 5) is 28.2. The number of aryl methyl sites for hydroxylation is 1. The van der Waals surface area contributed by atoms with Crippen molar-refractivity contribution >= 4 is 16.8 Å². The molecule has 6 heteroatoms. The number of hydrogen-bond donors (Lipinski definition) is 1. The highest BCUT2D eigenvalue weighted by Gasteiger charge is 2.30. The molecule has 6 nitrogen and oxygen atoms in total. The van der Waals surface area contributed by atoms with Gasteiger partial charge in [-0.15, -0.1) is 0 Å². The molecule has 1 amide bonds. The van der Waals surface area contributed by atoms with E-state index in [1.165, 1.54) is 12.2 Å². The number of fused-ring (bicyclic) bond motifs is 2. The van der Waals surface area contributed by atoms with E-state index >= 15 is 0 Å². The number of allylic oxidation sites excluding steroid dienone is 2. The summed E-state index contributed by atoms with van der Waals surface area (Å²) in [6.45, 7) is 10.9. The summed E-state index contributed by atoms with van der Waals surface area (Å²) in [6, 6.07) is 15.4. The summed E-state index contributed by atoms with van der Waals surface area (Å²) in [5.41, 5.74) is 3.60. The number of rotatable bonds is 7. The van der Waals surface area contributed by atoms with Gasteiger partial charge in [0.1, 0.15) is 5.75 Å². The second-order valence-electron chi connectivity index (χ2n) is 8.71. The van der Waals surface area contributed by atoms with Crippen LogP contribution < -0.4 is 14.9 Å². The minimum atomic E-state index is -0.428. The van der Waals surface area contributed by atoms with Gasteiger partial charge in [-0.3, -0.25) is 19.6 Å². The van der Waals surface area contributed by atoms with Crippen LogP contribution in [0.15, 0.2) is 73.0 Å². The van der Waals surface area contributed by atoms with Crippen LogP contribution in [0.25, 0.3) is 10.9 Å². The maximum absolute atomic E-state index is 12.7. The highest BCUT2D eigenvalue weighted by Crippen LogP contribution is 2.42. The highest BCUT2D eigenvalue weighted by atomic mass is 17.2. The van der Waals surface area contributed by atoms with Crippen LogP contribution in [0, 0.1) is 6.92 Å². The standard InChI is InChI=1S/C27H28N2O4/c1-5-8-24(26(30)28-17-20-12-11-19-9-6-7-10-23(19)29-20)33-32-21-15-18(2)25-22(16-21)27(3,4)13-14-31-25/h5-12,15-16H,1,13-14,17H2,2-4H3,(H,28,30)/b24-8-. The molecule has 3 aromatic rings. The molecule has 0 radical (unpaired) electrons. The van der Waals surface area contributed by atoms with Gasteiger partial charge in [0.25, 0.3) is 5.91 Å². The van der Waals surface area contributed by atoms with Crippen molar-refractivity contribution in [3.05, 3.63) is 89.8 Å². The molecule has 4 rings (SSSR count).